The van der Waals surface area contributed by atoms with Crippen molar-refractivity contribution in [3.05, 3.63) is 212 Å². The second-order valence-corrected chi connectivity index (χ2v) is 15.9. The largest absolute Gasteiger partial charge is 0.456 e. The maximum absolute atomic E-state index is 7.11. The first kappa shape index (κ1) is 35.0. The van der Waals surface area contributed by atoms with Gasteiger partial charge in [0.05, 0.1) is 0 Å². The fraction of sp³-hybridized carbons (Fsp3) is 0.0169. The Morgan fingerprint density at radius 3 is 1.49 bits per heavy atom. The molecule has 0 bridgehead atoms. The zero-order valence-corrected chi connectivity index (χ0v) is 33.6. The molecule has 0 aliphatic heterocycles. The third-order valence-electron chi connectivity index (χ3n) is 12.6. The van der Waals surface area contributed by atoms with E-state index in [1.807, 2.05) is 24.3 Å². The molecule has 12 rings (SSSR count). The third kappa shape index (κ3) is 5.22. The highest BCUT2D eigenvalue weighted by molar-refractivity contribution is 6.27. The van der Waals surface area contributed by atoms with Crippen molar-refractivity contribution in [3.63, 3.8) is 0 Å². The number of allylic oxidation sites excluding steroid dienone is 2. The number of rotatable bonds is 6. The number of benzene rings is 10. The Labute approximate surface area is 352 Å². The maximum atomic E-state index is 7.11. The first-order chi connectivity index (χ1) is 30.2. The smallest absolute Gasteiger partial charge is 0.143 e. The van der Waals surface area contributed by atoms with Crippen LogP contribution in [0.4, 0.5) is 0 Å². The molecule has 2 nitrogen and oxygen atoms in total. The predicted molar refractivity (Wildman–Crippen MR) is 259 cm³/mol. The summed E-state index contributed by atoms with van der Waals surface area (Å²) in [4.78, 5) is 0. The summed E-state index contributed by atoms with van der Waals surface area (Å²) in [5.74, 6) is 0. The average Bonchev–Trinajstić information content (AvgIpc) is 3.90. The number of para-hydroxylation sites is 2. The van der Waals surface area contributed by atoms with E-state index >= 15 is 0 Å². The zero-order chi connectivity index (χ0) is 40.6. The molecule has 0 radical (unpaired) electrons. The molecule has 0 saturated carbocycles. The first-order valence-corrected chi connectivity index (χ1v) is 20.9. The van der Waals surface area contributed by atoms with Gasteiger partial charge in [-0.15, -0.1) is 0 Å². The highest BCUT2D eigenvalue weighted by atomic mass is 16.3. The Morgan fingerprint density at radius 1 is 0.377 bits per heavy atom. The van der Waals surface area contributed by atoms with Crippen molar-refractivity contribution in [2.45, 2.75) is 6.92 Å². The molecule has 2 aromatic heterocycles. The SMILES string of the molecule is C=C/C=C\c1c(C)c(-c2cccc3c2oc2cccc(-c4c5ccccc5c(-c5ccccc5)c5ccccc45)c23)c2ccccc2c1-c1cccc2oc3ccccc3c12. The van der Waals surface area contributed by atoms with Gasteiger partial charge in [-0.3, -0.25) is 0 Å². The minimum Gasteiger partial charge on any atom is -0.456 e. The lowest BCUT2D eigenvalue weighted by Gasteiger charge is -2.20. The molecule has 0 aliphatic carbocycles. The van der Waals surface area contributed by atoms with Crippen LogP contribution in [0.1, 0.15) is 11.1 Å². The van der Waals surface area contributed by atoms with Gasteiger partial charge < -0.3 is 8.83 Å². The zero-order valence-electron chi connectivity index (χ0n) is 33.6. The van der Waals surface area contributed by atoms with Crippen LogP contribution in [0.3, 0.4) is 0 Å². The van der Waals surface area contributed by atoms with Gasteiger partial charge >= 0.3 is 0 Å². The molecular formula is C59H38O2. The van der Waals surface area contributed by atoms with E-state index in [1.165, 1.54) is 49.4 Å². The van der Waals surface area contributed by atoms with Crippen molar-refractivity contribution in [3.8, 4) is 44.5 Å². The van der Waals surface area contributed by atoms with Crippen molar-refractivity contribution in [1.29, 1.82) is 0 Å². The summed E-state index contributed by atoms with van der Waals surface area (Å²) in [6.45, 7) is 6.32. The van der Waals surface area contributed by atoms with Crippen LogP contribution in [0.25, 0.3) is 127 Å². The van der Waals surface area contributed by atoms with E-state index in [2.05, 4.69) is 189 Å². The first-order valence-electron chi connectivity index (χ1n) is 20.9. The van der Waals surface area contributed by atoms with Crippen LogP contribution in [0.2, 0.25) is 0 Å². The molecule has 0 saturated heterocycles. The normalized spacial score (nSPS) is 12.0. The van der Waals surface area contributed by atoms with Crippen LogP contribution >= 0.6 is 0 Å². The molecule has 0 unspecified atom stereocenters. The van der Waals surface area contributed by atoms with Crippen LogP contribution < -0.4 is 0 Å². The highest BCUT2D eigenvalue weighted by Crippen LogP contribution is 2.50. The molecule has 12 aromatic rings. The molecule has 2 heterocycles. The Balaban J connectivity index is 1.16. The topological polar surface area (TPSA) is 26.3 Å². The summed E-state index contributed by atoms with van der Waals surface area (Å²) in [5.41, 5.74) is 15.2. The Hall–Kier alpha value is -7.94. The molecule has 0 atom stereocenters. The van der Waals surface area contributed by atoms with Gasteiger partial charge in [-0.25, -0.2) is 0 Å². The van der Waals surface area contributed by atoms with Gasteiger partial charge in [-0.05, 0) is 108 Å². The van der Waals surface area contributed by atoms with E-state index in [-0.39, 0.29) is 0 Å². The van der Waals surface area contributed by atoms with Crippen LogP contribution in [-0.2, 0) is 0 Å². The number of hydrogen-bond acceptors (Lipinski definition) is 2. The van der Waals surface area contributed by atoms with Crippen LogP contribution in [-0.4, -0.2) is 0 Å². The third-order valence-corrected chi connectivity index (χ3v) is 12.6. The molecule has 2 heteroatoms. The molecule has 0 fully saturated rings. The van der Waals surface area contributed by atoms with Crippen LogP contribution in [0.5, 0.6) is 0 Å². The predicted octanol–water partition coefficient (Wildman–Crippen LogP) is 17.1. The van der Waals surface area contributed by atoms with E-state index in [9.17, 15) is 0 Å². The fourth-order valence-corrected chi connectivity index (χ4v) is 10.2. The van der Waals surface area contributed by atoms with Gasteiger partial charge in [0, 0.05) is 27.1 Å². The summed E-state index contributed by atoms with van der Waals surface area (Å²) in [7, 11) is 0. The second-order valence-electron chi connectivity index (χ2n) is 15.9. The van der Waals surface area contributed by atoms with Gasteiger partial charge in [0.15, 0.2) is 0 Å². The van der Waals surface area contributed by atoms with Gasteiger partial charge in [-0.2, -0.15) is 0 Å². The lowest BCUT2D eigenvalue weighted by atomic mass is 9.82. The van der Waals surface area contributed by atoms with Crippen molar-refractivity contribution < 1.29 is 8.83 Å². The van der Waals surface area contributed by atoms with E-state index in [0.717, 1.165) is 82.5 Å². The maximum Gasteiger partial charge on any atom is 0.143 e. The standard InChI is InChI=1S/C59H38O2/c1-3-4-21-38-36(2)53(39-22-8-11-25-42(39)55(38)46-29-17-34-51-57(46)45-28-14-15-33-50(45)60-51)48-31-16-32-49-58-47(30-18-35-52(58)61-59(48)49)56-43-26-12-9-23-40(43)54(37-19-6-5-7-20-37)41-24-10-13-27-44(41)56/h3-35H,1H2,2H3/b21-4-. The van der Waals surface area contributed by atoms with Gasteiger partial charge in [0.25, 0.3) is 0 Å². The monoisotopic (exact) mass is 778 g/mol. The minimum absolute atomic E-state index is 0.865. The lowest BCUT2D eigenvalue weighted by molar-refractivity contribution is 0.669. The summed E-state index contributed by atoms with van der Waals surface area (Å²) in [6, 6.07) is 65.2. The molecule has 286 valence electrons. The van der Waals surface area contributed by atoms with Crippen molar-refractivity contribution in [2.75, 3.05) is 0 Å². The van der Waals surface area contributed by atoms with Crippen LogP contribution in [0.15, 0.2) is 210 Å². The van der Waals surface area contributed by atoms with Gasteiger partial charge in [0.2, 0.25) is 0 Å². The number of furan rings is 2. The fourth-order valence-electron chi connectivity index (χ4n) is 10.2. The van der Waals surface area contributed by atoms with Gasteiger partial charge in [0.1, 0.15) is 22.3 Å². The quantitative estimate of drug-likeness (QED) is 0.124. The molecule has 0 amide bonds. The molecule has 0 N–H and O–H groups in total. The molecule has 0 aliphatic rings. The summed E-state index contributed by atoms with van der Waals surface area (Å²) in [5, 5.41) is 11.7. The minimum atomic E-state index is 0.865. The lowest BCUT2D eigenvalue weighted by Crippen LogP contribution is -1.96. The summed E-state index contributed by atoms with van der Waals surface area (Å²) >= 11 is 0. The van der Waals surface area contributed by atoms with Gasteiger partial charge in [-0.1, -0.05) is 189 Å². The van der Waals surface area contributed by atoms with E-state index < -0.39 is 0 Å². The average molecular weight is 779 g/mol. The Bertz CT molecular complexity index is 3720. The number of fused-ring (bicyclic) bond motifs is 9. The highest BCUT2D eigenvalue weighted by Gasteiger charge is 2.25. The van der Waals surface area contributed by atoms with E-state index in [0.29, 0.717) is 0 Å². The summed E-state index contributed by atoms with van der Waals surface area (Å²) < 4.78 is 13.5. The van der Waals surface area contributed by atoms with E-state index in [4.69, 9.17) is 8.83 Å². The van der Waals surface area contributed by atoms with Crippen molar-refractivity contribution >= 4 is 82.3 Å². The molecule has 0 spiro atoms. The molecular weight excluding hydrogens is 741 g/mol. The summed E-state index contributed by atoms with van der Waals surface area (Å²) in [6.07, 6.45) is 6.11. The van der Waals surface area contributed by atoms with E-state index in [1.54, 1.807) is 0 Å². The molecule has 10 aromatic carbocycles. The van der Waals surface area contributed by atoms with Crippen molar-refractivity contribution in [2.24, 2.45) is 0 Å². The molecule has 61 heavy (non-hydrogen) atoms. The van der Waals surface area contributed by atoms with Crippen molar-refractivity contribution in [1.82, 2.24) is 0 Å². The Morgan fingerprint density at radius 2 is 0.836 bits per heavy atom. The van der Waals surface area contributed by atoms with Crippen LogP contribution in [0, 0.1) is 6.92 Å². The Kier molecular flexibility index (Phi) is 7.95. The second kappa shape index (κ2) is 13.8. The number of hydrogen-bond donors (Lipinski definition) is 0.